The molecule has 1 unspecified atom stereocenters. The molecule has 1 N–H and O–H groups in total. The van der Waals surface area contributed by atoms with E-state index in [0.717, 1.165) is 4.90 Å². The summed E-state index contributed by atoms with van der Waals surface area (Å²) < 4.78 is 0. The van der Waals surface area contributed by atoms with Crippen LogP contribution in [0.2, 0.25) is 0 Å². The van der Waals surface area contributed by atoms with Crippen molar-refractivity contribution < 1.29 is 9.59 Å². The number of rotatable bonds is 2. The predicted octanol–water partition coefficient (Wildman–Crippen LogP) is 0.251. The van der Waals surface area contributed by atoms with Crippen molar-refractivity contribution in [1.82, 2.24) is 9.88 Å². The van der Waals surface area contributed by atoms with Crippen LogP contribution in [-0.2, 0) is 9.59 Å². The zero-order valence-electron chi connectivity index (χ0n) is 8.30. The molecule has 0 aromatic carbocycles. The number of hydrogen-bond donors (Lipinski definition) is 1. The zero-order valence-corrected chi connectivity index (χ0v) is 8.30. The summed E-state index contributed by atoms with van der Waals surface area (Å²) in [5.74, 6) is 0.248. The number of carbonyl (C=O) groups excluding carboxylic acids is 2. The van der Waals surface area contributed by atoms with Crippen molar-refractivity contribution in [3.05, 3.63) is 24.4 Å². The summed E-state index contributed by atoms with van der Waals surface area (Å²) in [4.78, 5) is 27.9. The van der Waals surface area contributed by atoms with Crippen LogP contribution < -0.4 is 5.32 Å². The molecule has 15 heavy (non-hydrogen) atoms. The molecule has 0 aliphatic carbocycles. The quantitative estimate of drug-likeness (QED) is 0.703. The zero-order chi connectivity index (χ0) is 10.8. The molecule has 0 spiro atoms. The number of carbonyl (C=O) groups is 2. The molecule has 1 aromatic rings. The van der Waals surface area contributed by atoms with Crippen LogP contribution in [-0.4, -0.2) is 34.8 Å². The number of likely N-dealkylation sites (N-methyl/N-ethyl adjacent to an activating group) is 1. The molecule has 0 saturated carbocycles. The first-order chi connectivity index (χ1) is 7.18. The van der Waals surface area contributed by atoms with Gasteiger partial charge in [0.2, 0.25) is 5.91 Å². The van der Waals surface area contributed by atoms with E-state index in [1.807, 2.05) is 6.07 Å². The minimum absolute atomic E-state index is 0.159. The van der Waals surface area contributed by atoms with Gasteiger partial charge in [0.1, 0.15) is 11.9 Å². The van der Waals surface area contributed by atoms with E-state index >= 15 is 0 Å². The van der Waals surface area contributed by atoms with Crippen molar-refractivity contribution in [3.8, 4) is 0 Å². The fraction of sp³-hybridized carbons (Fsp3) is 0.300. The van der Waals surface area contributed by atoms with Crippen molar-refractivity contribution in [3.63, 3.8) is 0 Å². The van der Waals surface area contributed by atoms with Gasteiger partial charge in [-0.25, -0.2) is 4.98 Å². The number of pyridine rings is 1. The number of anilines is 1. The lowest BCUT2D eigenvalue weighted by atomic mass is 10.2. The van der Waals surface area contributed by atoms with Gasteiger partial charge in [0.05, 0.1) is 6.42 Å². The smallest absolute Gasteiger partial charge is 0.251 e. The lowest BCUT2D eigenvalue weighted by Gasteiger charge is -2.10. The van der Waals surface area contributed by atoms with E-state index in [1.165, 1.54) is 7.05 Å². The lowest BCUT2D eigenvalue weighted by molar-refractivity contribution is -0.136. The SMILES string of the molecule is CN1C(=O)CC(Nc2ccccn2)C1=O. The van der Waals surface area contributed by atoms with Gasteiger partial charge in [0.25, 0.3) is 5.91 Å². The Hall–Kier alpha value is -1.91. The number of aromatic nitrogens is 1. The third-order valence-corrected chi connectivity index (χ3v) is 2.37. The van der Waals surface area contributed by atoms with Crippen LogP contribution in [0.4, 0.5) is 5.82 Å². The Kier molecular flexibility index (Phi) is 2.37. The molecule has 2 amide bonds. The van der Waals surface area contributed by atoms with Gasteiger partial charge in [-0.05, 0) is 12.1 Å². The molecule has 5 nitrogen and oxygen atoms in total. The highest BCUT2D eigenvalue weighted by Gasteiger charge is 2.35. The molecule has 1 atom stereocenters. The molecule has 0 bridgehead atoms. The molecule has 1 aliphatic heterocycles. The van der Waals surface area contributed by atoms with E-state index in [4.69, 9.17) is 0 Å². The van der Waals surface area contributed by atoms with Gasteiger partial charge in [0.15, 0.2) is 0 Å². The van der Waals surface area contributed by atoms with E-state index < -0.39 is 6.04 Å². The van der Waals surface area contributed by atoms with Crippen molar-refractivity contribution >= 4 is 17.6 Å². The molecule has 1 aliphatic rings. The topological polar surface area (TPSA) is 62.3 Å². The van der Waals surface area contributed by atoms with Gasteiger partial charge < -0.3 is 5.32 Å². The minimum atomic E-state index is -0.475. The summed E-state index contributed by atoms with van der Waals surface area (Å²) >= 11 is 0. The monoisotopic (exact) mass is 205 g/mol. The molecule has 1 fully saturated rings. The molecule has 78 valence electrons. The molecular formula is C10H11N3O2. The Morgan fingerprint density at radius 2 is 2.27 bits per heavy atom. The minimum Gasteiger partial charge on any atom is -0.358 e. The van der Waals surface area contributed by atoms with E-state index in [-0.39, 0.29) is 18.2 Å². The summed E-state index contributed by atoms with van der Waals surface area (Å²) in [6, 6.07) is 4.90. The Morgan fingerprint density at radius 1 is 1.47 bits per heavy atom. The second kappa shape index (κ2) is 3.68. The number of hydrogen-bond acceptors (Lipinski definition) is 4. The highest BCUT2D eigenvalue weighted by molar-refractivity contribution is 6.06. The second-order valence-corrected chi connectivity index (χ2v) is 3.41. The lowest BCUT2D eigenvalue weighted by Crippen LogP contribution is -2.31. The number of imide groups is 1. The van der Waals surface area contributed by atoms with Crippen LogP contribution in [0.1, 0.15) is 6.42 Å². The average Bonchev–Trinajstić information content (AvgIpc) is 2.48. The maximum Gasteiger partial charge on any atom is 0.251 e. The highest BCUT2D eigenvalue weighted by atomic mass is 16.2. The summed E-state index contributed by atoms with van der Waals surface area (Å²) in [5.41, 5.74) is 0. The van der Waals surface area contributed by atoms with E-state index in [1.54, 1.807) is 18.3 Å². The summed E-state index contributed by atoms with van der Waals surface area (Å²) in [6.07, 6.45) is 1.83. The largest absolute Gasteiger partial charge is 0.358 e. The van der Waals surface area contributed by atoms with E-state index in [0.29, 0.717) is 5.82 Å². The fourth-order valence-electron chi connectivity index (χ4n) is 1.49. The highest BCUT2D eigenvalue weighted by Crippen LogP contribution is 2.14. The van der Waals surface area contributed by atoms with Crippen molar-refractivity contribution in [2.45, 2.75) is 12.5 Å². The third kappa shape index (κ3) is 1.81. The molecule has 0 radical (unpaired) electrons. The molecular weight excluding hydrogens is 194 g/mol. The molecule has 2 rings (SSSR count). The van der Waals surface area contributed by atoms with Gasteiger partial charge in [0, 0.05) is 13.2 Å². The number of nitrogens with one attached hydrogen (secondary N) is 1. The Morgan fingerprint density at radius 3 is 2.80 bits per heavy atom. The van der Waals surface area contributed by atoms with Gasteiger partial charge >= 0.3 is 0 Å². The van der Waals surface area contributed by atoms with Crippen LogP contribution in [0.5, 0.6) is 0 Å². The van der Waals surface area contributed by atoms with Crippen molar-refractivity contribution in [2.75, 3.05) is 12.4 Å². The summed E-state index contributed by atoms with van der Waals surface area (Å²) in [5, 5.41) is 2.93. The van der Waals surface area contributed by atoms with Crippen molar-refractivity contribution in [2.24, 2.45) is 0 Å². The number of amides is 2. The molecule has 1 saturated heterocycles. The van der Waals surface area contributed by atoms with Crippen LogP contribution in [0, 0.1) is 0 Å². The standard InChI is InChI=1S/C10H11N3O2/c1-13-9(14)6-7(10(13)15)12-8-4-2-3-5-11-8/h2-5,7H,6H2,1H3,(H,11,12). The normalized spacial score (nSPS) is 20.9. The fourth-order valence-corrected chi connectivity index (χ4v) is 1.49. The molecule has 5 heteroatoms. The summed E-state index contributed by atoms with van der Waals surface area (Å²) in [6.45, 7) is 0. The van der Waals surface area contributed by atoms with E-state index in [9.17, 15) is 9.59 Å². The number of nitrogens with zero attached hydrogens (tertiary/aromatic N) is 2. The van der Waals surface area contributed by atoms with Gasteiger partial charge in [-0.15, -0.1) is 0 Å². The Labute approximate surface area is 87.1 Å². The first-order valence-corrected chi connectivity index (χ1v) is 4.66. The first-order valence-electron chi connectivity index (χ1n) is 4.66. The second-order valence-electron chi connectivity index (χ2n) is 3.41. The van der Waals surface area contributed by atoms with Crippen LogP contribution in [0.25, 0.3) is 0 Å². The molecule has 1 aromatic heterocycles. The van der Waals surface area contributed by atoms with Crippen LogP contribution in [0.15, 0.2) is 24.4 Å². The van der Waals surface area contributed by atoms with Crippen LogP contribution in [0.3, 0.4) is 0 Å². The van der Waals surface area contributed by atoms with Gasteiger partial charge in [-0.3, -0.25) is 14.5 Å². The summed E-state index contributed by atoms with van der Waals surface area (Å²) in [7, 11) is 1.49. The predicted molar refractivity (Wildman–Crippen MR) is 54.0 cm³/mol. The maximum absolute atomic E-state index is 11.5. The molecule has 2 heterocycles. The van der Waals surface area contributed by atoms with Gasteiger partial charge in [-0.2, -0.15) is 0 Å². The van der Waals surface area contributed by atoms with Crippen LogP contribution >= 0.6 is 0 Å². The first kappa shape index (κ1) is 9.64. The van der Waals surface area contributed by atoms with E-state index in [2.05, 4.69) is 10.3 Å². The number of likely N-dealkylation sites (tertiary alicyclic amines) is 1. The Balaban J connectivity index is 2.09. The average molecular weight is 205 g/mol. The Bertz CT molecular complexity index is 391. The maximum atomic E-state index is 11.5. The van der Waals surface area contributed by atoms with Crippen molar-refractivity contribution in [1.29, 1.82) is 0 Å². The van der Waals surface area contributed by atoms with Gasteiger partial charge in [-0.1, -0.05) is 6.07 Å². The third-order valence-electron chi connectivity index (χ3n) is 2.37.